The van der Waals surface area contributed by atoms with Crippen molar-refractivity contribution in [1.29, 1.82) is 0 Å². The van der Waals surface area contributed by atoms with Crippen LogP contribution in [0.15, 0.2) is 192 Å². The average molecular weight is 773 g/mol. The number of benzene rings is 8. The van der Waals surface area contributed by atoms with Gasteiger partial charge in [-0.15, -0.1) is 0 Å². The van der Waals surface area contributed by atoms with Gasteiger partial charge in [0.05, 0.1) is 11.0 Å². The van der Waals surface area contributed by atoms with Crippen LogP contribution in [0.1, 0.15) is 25.3 Å². The number of aryl methyl sites for hydroxylation is 1. The zero-order chi connectivity index (χ0) is 40.0. The molecule has 8 aromatic carbocycles. The maximum atomic E-state index is 6.29. The van der Waals surface area contributed by atoms with Crippen LogP contribution in [-0.2, 0) is 6.42 Å². The highest BCUT2D eigenvalue weighted by Crippen LogP contribution is 2.40. The molecule has 11 rings (SSSR count). The Morgan fingerprint density at radius 1 is 0.433 bits per heavy atom. The van der Waals surface area contributed by atoms with Crippen molar-refractivity contribution in [3.8, 4) is 62.1 Å². The summed E-state index contributed by atoms with van der Waals surface area (Å²) < 4.78 is 8.65. The predicted octanol–water partition coefficient (Wildman–Crippen LogP) is 14.5. The summed E-state index contributed by atoms with van der Waals surface area (Å²) in [5.41, 5.74) is 13.8. The van der Waals surface area contributed by atoms with Crippen LogP contribution in [0.5, 0.6) is 0 Å². The van der Waals surface area contributed by atoms with Crippen LogP contribution in [0.25, 0.3) is 106 Å². The molecule has 0 aliphatic rings. The van der Waals surface area contributed by atoms with Crippen LogP contribution >= 0.6 is 0 Å². The molecule has 5 nitrogen and oxygen atoms in total. The Hall–Kier alpha value is -7.63. The number of rotatable bonds is 9. The molecule has 0 spiro atoms. The van der Waals surface area contributed by atoms with Gasteiger partial charge >= 0.3 is 0 Å². The summed E-state index contributed by atoms with van der Waals surface area (Å²) in [4.78, 5) is 15.4. The number of hydrogen-bond donors (Lipinski definition) is 0. The van der Waals surface area contributed by atoms with Crippen molar-refractivity contribution in [2.75, 3.05) is 0 Å². The van der Waals surface area contributed by atoms with Gasteiger partial charge in [-0.3, -0.25) is 0 Å². The number of nitrogens with zero attached hydrogens (tertiary/aromatic N) is 4. The lowest BCUT2D eigenvalue weighted by molar-refractivity contribution is 0.669. The molecule has 3 heterocycles. The zero-order valence-electron chi connectivity index (χ0n) is 33.2. The van der Waals surface area contributed by atoms with E-state index < -0.39 is 0 Å². The highest BCUT2D eigenvalue weighted by Gasteiger charge is 2.18. The molecule has 0 aliphatic heterocycles. The van der Waals surface area contributed by atoms with Gasteiger partial charge in [0.25, 0.3) is 0 Å². The lowest BCUT2D eigenvalue weighted by Crippen LogP contribution is -2.01. The fraction of sp³-hybridized carbons (Fsp3) is 0.0727. The first kappa shape index (κ1) is 35.5. The van der Waals surface area contributed by atoms with Crippen LogP contribution in [0.4, 0.5) is 0 Å². The largest absolute Gasteiger partial charge is 0.456 e. The molecule has 0 unspecified atom stereocenters. The van der Waals surface area contributed by atoms with E-state index in [0.29, 0.717) is 17.5 Å². The van der Waals surface area contributed by atoms with Crippen molar-refractivity contribution in [1.82, 2.24) is 19.5 Å². The van der Waals surface area contributed by atoms with Gasteiger partial charge in [0, 0.05) is 43.9 Å². The second kappa shape index (κ2) is 14.9. The van der Waals surface area contributed by atoms with E-state index in [1.54, 1.807) is 0 Å². The van der Waals surface area contributed by atoms with Gasteiger partial charge in [0.1, 0.15) is 11.2 Å². The Bertz CT molecular complexity index is 3360. The average Bonchev–Trinajstić information content (AvgIpc) is 3.87. The third-order valence-corrected chi connectivity index (χ3v) is 11.6. The van der Waals surface area contributed by atoms with E-state index in [2.05, 4.69) is 169 Å². The minimum absolute atomic E-state index is 0.617. The molecular weight excluding hydrogens is 733 g/mol. The summed E-state index contributed by atoms with van der Waals surface area (Å²) in [6, 6.07) is 66.3. The molecule has 286 valence electrons. The molecule has 3 aromatic heterocycles. The van der Waals surface area contributed by atoms with E-state index >= 15 is 0 Å². The number of hydrogen-bond acceptors (Lipinski definition) is 4. The summed E-state index contributed by atoms with van der Waals surface area (Å²) >= 11 is 0. The number of para-hydroxylation sites is 2. The first-order chi connectivity index (χ1) is 29.7. The highest BCUT2D eigenvalue weighted by atomic mass is 16.3. The molecule has 0 amide bonds. The standard InChI is InChI=1S/C55H40N4O/c1-2-3-14-36-27-29-37(30-28-36)39-17-11-18-41(33-39)54-56-53(38-15-5-4-6-16-38)57-55(58-54)42-19-12-20-43(34-42)59-48-24-9-7-21-45(48)46-32-31-40(35-49(46)59)44-23-13-26-51-52(44)47-22-8-10-25-50(47)60-51/h4-13,15-35H,2-3,14H2,1H3. The number of fused-ring (bicyclic) bond motifs is 6. The smallest absolute Gasteiger partial charge is 0.164 e. The minimum Gasteiger partial charge on any atom is -0.456 e. The Kier molecular flexibility index (Phi) is 8.85. The van der Waals surface area contributed by atoms with Crippen LogP contribution in [0.2, 0.25) is 0 Å². The Balaban J connectivity index is 1.05. The SMILES string of the molecule is CCCCc1ccc(-c2cccc(-c3nc(-c4ccccc4)nc(-c4cccc(-n5c6ccccc6c6ccc(-c7cccc8oc9ccccc9c78)cc65)c4)n3)c2)cc1. The fourth-order valence-electron chi connectivity index (χ4n) is 8.65. The van der Waals surface area contributed by atoms with E-state index in [4.69, 9.17) is 19.4 Å². The second-order valence-electron chi connectivity index (χ2n) is 15.5. The van der Waals surface area contributed by atoms with Crippen molar-refractivity contribution in [3.05, 3.63) is 194 Å². The molecule has 0 fully saturated rings. The summed E-state index contributed by atoms with van der Waals surface area (Å²) in [6.07, 6.45) is 3.49. The van der Waals surface area contributed by atoms with E-state index in [-0.39, 0.29) is 0 Å². The first-order valence-electron chi connectivity index (χ1n) is 20.7. The van der Waals surface area contributed by atoms with Crippen molar-refractivity contribution in [3.63, 3.8) is 0 Å². The minimum atomic E-state index is 0.617. The van der Waals surface area contributed by atoms with E-state index in [0.717, 1.165) is 78.5 Å². The van der Waals surface area contributed by atoms with Gasteiger partial charge in [0.2, 0.25) is 0 Å². The molecule has 0 saturated carbocycles. The first-order valence-corrected chi connectivity index (χ1v) is 20.7. The zero-order valence-corrected chi connectivity index (χ0v) is 33.2. The molecule has 0 saturated heterocycles. The molecular formula is C55H40N4O. The van der Waals surface area contributed by atoms with E-state index in [9.17, 15) is 0 Å². The summed E-state index contributed by atoms with van der Waals surface area (Å²) in [6.45, 7) is 2.24. The van der Waals surface area contributed by atoms with Gasteiger partial charge in [-0.25, -0.2) is 15.0 Å². The molecule has 11 aromatic rings. The molecule has 0 atom stereocenters. The molecule has 60 heavy (non-hydrogen) atoms. The monoisotopic (exact) mass is 772 g/mol. The number of unbranched alkanes of at least 4 members (excludes halogenated alkanes) is 1. The summed E-state index contributed by atoms with van der Waals surface area (Å²) in [5.74, 6) is 1.88. The van der Waals surface area contributed by atoms with Crippen molar-refractivity contribution < 1.29 is 4.42 Å². The van der Waals surface area contributed by atoms with Crippen LogP contribution in [0, 0.1) is 0 Å². The van der Waals surface area contributed by atoms with Gasteiger partial charge in [0.15, 0.2) is 17.5 Å². The Labute approximate surface area is 348 Å². The molecule has 5 heteroatoms. The molecule has 0 N–H and O–H groups in total. The summed E-state index contributed by atoms with van der Waals surface area (Å²) in [7, 11) is 0. The number of furan rings is 1. The fourth-order valence-corrected chi connectivity index (χ4v) is 8.65. The van der Waals surface area contributed by atoms with Crippen LogP contribution < -0.4 is 0 Å². The van der Waals surface area contributed by atoms with Crippen molar-refractivity contribution in [2.24, 2.45) is 0 Å². The lowest BCUT2D eigenvalue weighted by atomic mass is 9.98. The predicted molar refractivity (Wildman–Crippen MR) is 247 cm³/mol. The maximum Gasteiger partial charge on any atom is 0.164 e. The summed E-state index contributed by atoms with van der Waals surface area (Å²) in [5, 5.41) is 4.63. The maximum absolute atomic E-state index is 6.29. The van der Waals surface area contributed by atoms with Crippen LogP contribution in [-0.4, -0.2) is 19.5 Å². The van der Waals surface area contributed by atoms with Gasteiger partial charge in [-0.05, 0) is 83.1 Å². The van der Waals surface area contributed by atoms with Crippen molar-refractivity contribution >= 4 is 43.7 Å². The van der Waals surface area contributed by atoms with Gasteiger partial charge < -0.3 is 8.98 Å². The van der Waals surface area contributed by atoms with E-state index in [1.165, 1.54) is 34.7 Å². The van der Waals surface area contributed by atoms with E-state index in [1.807, 2.05) is 30.3 Å². The molecule has 0 aliphatic carbocycles. The third-order valence-electron chi connectivity index (χ3n) is 11.6. The van der Waals surface area contributed by atoms with Gasteiger partial charge in [-0.1, -0.05) is 159 Å². The lowest BCUT2D eigenvalue weighted by Gasteiger charge is -2.12. The quantitative estimate of drug-likeness (QED) is 0.147. The third kappa shape index (κ3) is 6.32. The molecule has 0 bridgehead atoms. The Morgan fingerprint density at radius 3 is 1.87 bits per heavy atom. The topological polar surface area (TPSA) is 56.7 Å². The van der Waals surface area contributed by atoms with Crippen LogP contribution in [0.3, 0.4) is 0 Å². The normalized spacial score (nSPS) is 11.6. The van der Waals surface area contributed by atoms with Gasteiger partial charge in [-0.2, -0.15) is 0 Å². The number of aromatic nitrogens is 4. The highest BCUT2D eigenvalue weighted by molar-refractivity contribution is 6.14. The van der Waals surface area contributed by atoms with Crippen molar-refractivity contribution in [2.45, 2.75) is 26.2 Å². The second-order valence-corrected chi connectivity index (χ2v) is 15.5. The Morgan fingerprint density at radius 2 is 1.05 bits per heavy atom. The molecule has 0 radical (unpaired) electrons.